The van der Waals surface area contributed by atoms with Crippen LogP contribution in [0.4, 0.5) is 0 Å². The fraction of sp³-hybridized carbons (Fsp3) is 0.444. The normalized spacial score (nSPS) is 17.3. The molecular weight excluding hydrogens is 440 g/mol. The highest BCUT2D eigenvalue weighted by Crippen LogP contribution is 2.34. The standard InChI is InChI=1S/C27H34N6O2/c1-5-17(2)15-33-22(13-18-8-6-10-29-25(18)33)26-30-21-12-19(14-23(35-4)24(21)31(26)3)27(34)32-11-7-9-20(28)16-32/h6,8,10,12-14,17,20H,5,7,9,11,15-16,28H2,1-4H3/t17-,20?/m1/s1. The van der Waals surface area contributed by atoms with Crippen LogP contribution in [0.25, 0.3) is 33.6 Å². The quantitative estimate of drug-likeness (QED) is 0.452. The number of aryl methyl sites for hydroxylation is 1. The first-order chi connectivity index (χ1) is 16.9. The molecule has 1 saturated heterocycles. The molecular formula is C27H34N6O2. The van der Waals surface area contributed by atoms with E-state index in [4.69, 9.17) is 15.5 Å². The summed E-state index contributed by atoms with van der Waals surface area (Å²) >= 11 is 0. The van der Waals surface area contributed by atoms with Gasteiger partial charge >= 0.3 is 0 Å². The molecule has 2 atom stereocenters. The third kappa shape index (κ3) is 4.16. The van der Waals surface area contributed by atoms with Crippen LogP contribution < -0.4 is 10.5 Å². The number of aromatic nitrogens is 4. The van der Waals surface area contributed by atoms with Gasteiger partial charge in [-0.2, -0.15) is 0 Å². The van der Waals surface area contributed by atoms with Crippen molar-refractivity contribution < 1.29 is 9.53 Å². The van der Waals surface area contributed by atoms with Crippen LogP contribution in [0.5, 0.6) is 5.75 Å². The number of methoxy groups -OCH3 is 1. The number of pyridine rings is 1. The monoisotopic (exact) mass is 474 g/mol. The first kappa shape index (κ1) is 23.4. The lowest BCUT2D eigenvalue weighted by atomic mass is 10.0. The summed E-state index contributed by atoms with van der Waals surface area (Å²) in [6, 6.07) is 9.93. The van der Waals surface area contributed by atoms with Gasteiger partial charge < -0.3 is 24.5 Å². The Bertz CT molecular complexity index is 1390. The number of nitrogens with two attached hydrogens (primary N) is 1. The number of amides is 1. The molecule has 8 heteroatoms. The Morgan fingerprint density at radius 1 is 1.31 bits per heavy atom. The van der Waals surface area contributed by atoms with E-state index in [0.717, 1.165) is 65.9 Å². The van der Waals surface area contributed by atoms with Crippen molar-refractivity contribution in [2.24, 2.45) is 18.7 Å². The molecule has 0 radical (unpaired) electrons. The van der Waals surface area contributed by atoms with E-state index in [0.29, 0.717) is 23.8 Å². The molecule has 1 fully saturated rings. The first-order valence-corrected chi connectivity index (χ1v) is 12.4. The summed E-state index contributed by atoms with van der Waals surface area (Å²) in [7, 11) is 3.63. The van der Waals surface area contributed by atoms with Crippen LogP contribution in [0.3, 0.4) is 0 Å². The van der Waals surface area contributed by atoms with Crippen LogP contribution in [-0.4, -0.2) is 56.2 Å². The molecule has 2 N–H and O–H groups in total. The molecule has 0 bridgehead atoms. The molecule has 184 valence electrons. The third-order valence-electron chi connectivity index (χ3n) is 7.22. The molecule has 0 saturated carbocycles. The van der Waals surface area contributed by atoms with Crippen molar-refractivity contribution in [1.29, 1.82) is 0 Å². The highest BCUT2D eigenvalue weighted by Gasteiger charge is 2.25. The molecule has 5 rings (SSSR count). The van der Waals surface area contributed by atoms with Crippen LogP contribution in [-0.2, 0) is 13.6 Å². The van der Waals surface area contributed by atoms with Crippen molar-refractivity contribution >= 4 is 28.0 Å². The molecule has 4 heterocycles. The van der Waals surface area contributed by atoms with Crippen LogP contribution >= 0.6 is 0 Å². The van der Waals surface area contributed by atoms with Gasteiger partial charge in [0.1, 0.15) is 16.9 Å². The van der Waals surface area contributed by atoms with Gasteiger partial charge in [0.15, 0.2) is 5.82 Å². The number of carbonyl (C=O) groups is 1. The number of benzene rings is 1. The van der Waals surface area contributed by atoms with E-state index in [1.54, 1.807) is 7.11 Å². The van der Waals surface area contributed by atoms with Gasteiger partial charge in [0.25, 0.3) is 5.91 Å². The molecule has 1 unspecified atom stereocenters. The number of nitrogens with zero attached hydrogens (tertiary/aromatic N) is 5. The number of carbonyl (C=O) groups excluding carboxylic acids is 1. The van der Waals surface area contributed by atoms with E-state index in [-0.39, 0.29) is 11.9 Å². The Labute approximate surface area is 205 Å². The second-order valence-electron chi connectivity index (χ2n) is 9.76. The molecule has 8 nitrogen and oxygen atoms in total. The van der Waals surface area contributed by atoms with Crippen LogP contribution in [0, 0.1) is 5.92 Å². The number of hydrogen-bond acceptors (Lipinski definition) is 5. The molecule has 4 aromatic rings. The number of fused-ring (bicyclic) bond motifs is 2. The minimum absolute atomic E-state index is 0.0253. The van der Waals surface area contributed by atoms with E-state index in [1.165, 1.54) is 0 Å². The van der Waals surface area contributed by atoms with Crippen molar-refractivity contribution in [3.63, 3.8) is 0 Å². The lowest BCUT2D eigenvalue weighted by Gasteiger charge is -2.30. The summed E-state index contributed by atoms with van der Waals surface area (Å²) < 4.78 is 10.1. The molecule has 0 aliphatic carbocycles. The maximum Gasteiger partial charge on any atom is 0.254 e. The second kappa shape index (κ2) is 9.34. The Balaban J connectivity index is 1.64. The van der Waals surface area contributed by atoms with Gasteiger partial charge in [-0.15, -0.1) is 0 Å². The Hall–Kier alpha value is -3.39. The van der Waals surface area contributed by atoms with Crippen molar-refractivity contribution in [3.05, 3.63) is 42.1 Å². The van der Waals surface area contributed by atoms with E-state index in [1.807, 2.05) is 36.3 Å². The lowest BCUT2D eigenvalue weighted by molar-refractivity contribution is 0.0708. The molecule has 1 amide bonds. The van der Waals surface area contributed by atoms with E-state index < -0.39 is 0 Å². The summed E-state index contributed by atoms with van der Waals surface area (Å²) in [5.41, 5.74) is 10.3. The third-order valence-corrected chi connectivity index (χ3v) is 7.22. The summed E-state index contributed by atoms with van der Waals surface area (Å²) in [6.45, 7) is 6.61. The lowest BCUT2D eigenvalue weighted by Crippen LogP contribution is -2.45. The predicted octanol–water partition coefficient (Wildman–Crippen LogP) is 4.21. The van der Waals surface area contributed by atoms with Gasteiger partial charge in [-0.25, -0.2) is 9.97 Å². The van der Waals surface area contributed by atoms with Crippen LogP contribution in [0.15, 0.2) is 36.5 Å². The highest BCUT2D eigenvalue weighted by atomic mass is 16.5. The summed E-state index contributed by atoms with van der Waals surface area (Å²) in [5.74, 6) is 1.93. The summed E-state index contributed by atoms with van der Waals surface area (Å²) in [6.07, 6.45) is 4.79. The topological polar surface area (TPSA) is 91.2 Å². The first-order valence-electron chi connectivity index (χ1n) is 12.4. The number of ether oxygens (including phenoxy) is 1. The average Bonchev–Trinajstić information content (AvgIpc) is 3.40. The summed E-state index contributed by atoms with van der Waals surface area (Å²) in [4.78, 5) is 24.8. The van der Waals surface area contributed by atoms with Gasteiger partial charge in [0.2, 0.25) is 0 Å². The maximum atomic E-state index is 13.3. The number of imidazole rings is 1. The van der Waals surface area contributed by atoms with Gasteiger partial charge in [0, 0.05) is 49.9 Å². The van der Waals surface area contributed by atoms with Crippen molar-refractivity contribution in [1.82, 2.24) is 24.0 Å². The van der Waals surface area contributed by atoms with Gasteiger partial charge in [0.05, 0.1) is 18.3 Å². The summed E-state index contributed by atoms with van der Waals surface area (Å²) in [5, 5.41) is 1.09. The largest absolute Gasteiger partial charge is 0.494 e. The van der Waals surface area contributed by atoms with Crippen molar-refractivity contribution in [2.75, 3.05) is 20.2 Å². The predicted molar refractivity (Wildman–Crippen MR) is 139 cm³/mol. The number of hydrogen-bond donors (Lipinski definition) is 1. The Morgan fingerprint density at radius 2 is 2.14 bits per heavy atom. The van der Waals surface area contributed by atoms with E-state index >= 15 is 0 Å². The second-order valence-corrected chi connectivity index (χ2v) is 9.76. The van der Waals surface area contributed by atoms with E-state index in [9.17, 15) is 4.79 Å². The van der Waals surface area contributed by atoms with Crippen molar-refractivity contribution in [2.45, 2.75) is 45.7 Å². The molecule has 3 aromatic heterocycles. The molecule has 1 aliphatic heterocycles. The van der Waals surface area contributed by atoms with Gasteiger partial charge in [-0.3, -0.25) is 4.79 Å². The fourth-order valence-electron chi connectivity index (χ4n) is 5.09. The molecule has 35 heavy (non-hydrogen) atoms. The number of rotatable bonds is 6. The van der Waals surface area contributed by atoms with Crippen molar-refractivity contribution in [3.8, 4) is 17.3 Å². The zero-order valence-electron chi connectivity index (χ0n) is 21.0. The average molecular weight is 475 g/mol. The minimum Gasteiger partial charge on any atom is -0.494 e. The molecule has 1 aliphatic rings. The van der Waals surface area contributed by atoms with Crippen LogP contribution in [0.1, 0.15) is 43.5 Å². The Morgan fingerprint density at radius 3 is 2.89 bits per heavy atom. The maximum absolute atomic E-state index is 13.3. The Kier molecular flexibility index (Phi) is 6.23. The number of piperidine rings is 1. The zero-order valence-corrected chi connectivity index (χ0v) is 21.0. The minimum atomic E-state index is -0.0253. The SMILES string of the molecule is CC[C@@H](C)Cn1c(-c2nc3cc(C(=O)N4CCCC(N)C4)cc(OC)c3n2C)cc2cccnc21. The fourth-order valence-corrected chi connectivity index (χ4v) is 5.09. The number of likely N-dealkylation sites (tertiary alicyclic amines) is 1. The van der Waals surface area contributed by atoms with Gasteiger partial charge in [-0.05, 0) is 49.1 Å². The molecule has 0 spiro atoms. The molecule has 1 aromatic carbocycles. The van der Waals surface area contributed by atoms with E-state index in [2.05, 4.69) is 40.1 Å². The smallest absolute Gasteiger partial charge is 0.254 e. The van der Waals surface area contributed by atoms with Crippen LogP contribution in [0.2, 0.25) is 0 Å². The zero-order chi connectivity index (χ0) is 24.7. The van der Waals surface area contributed by atoms with Gasteiger partial charge in [-0.1, -0.05) is 20.3 Å². The highest BCUT2D eigenvalue weighted by molar-refractivity contribution is 6.00.